The zero-order valence-electron chi connectivity index (χ0n) is 28.8. The predicted octanol–water partition coefficient (Wildman–Crippen LogP) is 11.1. The van der Waals surface area contributed by atoms with Crippen LogP contribution in [0.15, 0.2) is 72.8 Å². The highest BCUT2D eigenvalue weighted by atomic mass is 35.5. The molecule has 0 aliphatic rings. The molecule has 2 atom stereocenters. The van der Waals surface area contributed by atoms with Crippen LogP contribution in [0.5, 0.6) is 5.75 Å². The number of carbonyl (C=O) groups is 3. The molecule has 0 bridgehead atoms. The van der Waals surface area contributed by atoms with Crippen LogP contribution in [-0.2, 0) is 25.4 Å². The normalized spacial score (nSPS) is 11.8. The Hall–Kier alpha value is -2.96. The molecule has 0 aromatic heterocycles. The van der Waals surface area contributed by atoms with Crippen LogP contribution >= 0.6 is 81.2 Å². The third-order valence-corrected chi connectivity index (χ3v) is 9.16. The van der Waals surface area contributed by atoms with E-state index in [1.807, 2.05) is 24.3 Å². The van der Waals surface area contributed by atoms with Gasteiger partial charge in [0.15, 0.2) is 5.75 Å². The molecule has 9 nitrogen and oxygen atoms in total. The number of rotatable bonds is 15. The van der Waals surface area contributed by atoms with E-state index in [-0.39, 0.29) is 50.7 Å². The Labute approximate surface area is 342 Å². The van der Waals surface area contributed by atoms with Crippen molar-refractivity contribution in [1.82, 2.24) is 0 Å². The van der Waals surface area contributed by atoms with Crippen molar-refractivity contribution in [2.45, 2.75) is 32.2 Å². The van der Waals surface area contributed by atoms with E-state index < -0.39 is 29.6 Å². The first-order chi connectivity index (χ1) is 25.3. The van der Waals surface area contributed by atoms with Gasteiger partial charge in [-0.25, -0.2) is 9.59 Å². The molecule has 4 aromatic carbocycles. The molecule has 0 aliphatic heterocycles. The van der Waals surface area contributed by atoms with Gasteiger partial charge >= 0.3 is 11.9 Å². The number of anilines is 1. The summed E-state index contributed by atoms with van der Waals surface area (Å²) in [5.41, 5.74) is 1.87. The summed E-state index contributed by atoms with van der Waals surface area (Å²) in [5, 5.41) is 0.790. The van der Waals surface area contributed by atoms with Crippen LogP contribution in [0.25, 0.3) is 0 Å². The molecule has 0 fully saturated rings. The van der Waals surface area contributed by atoms with Gasteiger partial charge in [0.05, 0.1) is 43.9 Å². The highest BCUT2D eigenvalue weighted by Crippen LogP contribution is 2.35. The number of hydrogen-bond acceptors (Lipinski definition) is 9. The fourth-order valence-corrected chi connectivity index (χ4v) is 6.34. The summed E-state index contributed by atoms with van der Waals surface area (Å²) in [7, 11) is 4.31. The molecule has 4 rings (SSSR count). The van der Waals surface area contributed by atoms with Gasteiger partial charge in [-0.3, -0.25) is 9.69 Å². The minimum Gasteiger partial charge on any atom is -0.494 e. The predicted molar refractivity (Wildman–Crippen MR) is 211 cm³/mol. The minimum atomic E-state index is -1.08. The molecular formula is C37H34Cl7NO8. The molecule has 16 heteroatoms. The lowest BCUT2D eigenvalue weighted by atomic mass is 10.1. The van der Waals surface area contributed by atoms with Gasteiger partial charge in [-0.05, 0) is 84.2 Å². The van der Waals surface area contributed by atoms with Crippen molar-refractivity contribution in [2.24, 2.45) is 0 Å². The van der Waals surface area contributed by atoms with Crippen molar-refractivity contribution < 1.29 is 38.1 Å². The third-order valence-electron chi connectivity index (χ3n) is 7.23. The molecule has 0 amide bonds. The number of hydrogen-bond donors (Lipinski definition) is 0. The summed E-state index contributed by atoms with van der Waals surface area (Å²) in [6.07, 6.45) is -0.433. The van der Waals surface area contributed by atoms with Crippen LogP contribution in [-0.4, -0.2) is 64.2 Å². The van der Waals surface area contributed by atoms with Gasteiger partial charge in [-0.2, -0.15) is 0 Å². The van der Waals surface area contributed by atoms with Crippen LogP contribution in [0.1, 0.15) is 50.0 Å². The van der Waals surface area contributed by atoms with E-state index in [9.17, 15) is 14.4 Å². The molecule has 4 aromatic rings. The maximum atomic E-state index is 13.3. The average Bonchev–Trinajstić information content (AvgIpc) is 3.11. The van der Waals surface area contributed by atoms with E-state index in [4.69, 9.17) is 105 Å². The molecule has 2 unspecified atom stereocenters. The van der Waals surface area contributed by atoms with Gasteiger partial charge in [-0.1, -0.05) is 95.1 Å². The molecule has 284 valence electrons. The SMILES string of the molecule is CCCc1cccc(N(C(COC)OC(=O)c2cc(Cl)ccc2Cl)C(COC)OC(=O)c2cc(Cl)ccc2Cl)c1.COc1c(Cl)ccc(Cl)c1C(=O)Cl. The van der Waals surface area contributed by atoms with Crippen molar-refractivity contribution in [3.8, 4) is 5.75 Å². The Bertz CT molecular complexity index is 1820. The summed E-state index contributed by atoms with van der Waals surface area (Å²) in [6, 6.07) is 19.6. The quantitative estimate of drug-likeness (QED) is 0.0657. The lowest BCUT2D eigenvalue weighted by Crippen LogP contribution is -2.52. The summed E-state index contributed by atoms with van der Waals surface area (Å²) >= 11 is 41.5. The Morgan fingerprint density at radius 1 is 0.660 bits per heavy atom. The van der Waals surface area contributed by atoms with Crippen molar-refractivity contribution in [1.29, 1.82) is 0 Å². The Kier molecular flexibility index (Phi) is 18.3. The average molecular weight is 869 g/mol. The highest BCUT2D eigenvalue weighted by molar-refractivity contribution is 6.69. The van der Waals surface area contributed by atoms with Gasteiger partial charge in [0.25, 0.3) is 5.24 Å². The Balaban J connectivity index is 0.000000489. The lowest BCUT2D eigenvalue weighted by Gasteiger charge is -2.38. The second-order valence-corrected chi connectivity index (χ2v) is 13.8. The largest absolute Gasteiger partial charge is 0.494 e. The van der Waals surface area contributed by atoms with E-state index in [0.717, 1.165) is 18.4 Å². The summed E-state index contributed by atoms with van der Waals surface area (Å²) in [6.45, 7) is 1.90. The van der Waals surface area contributed by atoms with Gasteiger partial charge in [0.2, 0.25) is 12.5 Å². The van der Waals surface area contributed by atoms with E-state index in [1.165, 1.54) is 57.7 Å². The number of benzene rings is 4. The van der Waals surface area contributed by atoms with E-state index in [0.29, 0.717) is 20.8 Å². The second-order valence-electron chi connectivity index (χ2n) is 10.9. The van der Waals surface area contributed by atoms with E-state index in [2.05, 4.69) is 6.92 Å². The maximum Gasteiger partial charge on any atom is 0.341 e. The molecule has 0 N–H and O–H groups in total. The molecule has 0 saturated heterocycles. The first-order valence-corrected chi connectivity index (χ1v) is 18.3. The van der Waals surface area contributed by atoms with Crippen molar-refractivity contribution in [3.05, 3.63) is 125 Å². The van der Waals surface area contributed by atoms with Gasteiger partial charge < -0.3 is 23.7 Å². The monoisotopic (exact) mass is 865 g/mol. The van der Waals surface area contributed by atoms with Gasteiger partial charge in [0.1, 0.15) is 13.2 Å². The first-order valence-electron chi connectivity index (χ1n) is 15.6. The van der Waals surface area contributed by atoms with Crippen LogP contribution in [0.4, 0.5) is 5.69 Å². The Morgan fingerprint density at radius 3 is 1.58 bits per heavy atom. The first kappa shape index (κ1) is 44.4. The molecule has 0 radical (unpaired) electrons. The number of ether oxygens (including phenoxy) is 5. The fourth-order valence-electron chi connectivity index (χ4n) is 4.90. The number of esters is 2. The smallest absolute Gasteiger partial charge is 0.341 e. The topological polar surface area (TPSA) is 101 Å². The maximum absolute atomic E-state index is 13.3. The zero-order valence-corrected chi connectivity index (χ0v) is 34.1. The molecule has 0 spiro atoms. The molecular weight excluding hydrogens is 835 g/mol. The standard InChI is InChI=1S/C29H29Cl4NO6.C8H5Cl3O2/c1-4-6-18-7-5-8-21(13-18)34(26(16-37-2)39-28(35)22-14-19(30)9-11-24(22)32)27(17-38-3)40-29(36)23-15-20(31)10-12-25(23)33;1-13-7-5(10)3-2-4(9)6(7)8(11)12/h5,7-15,26-27H,4,6,16-17H2,1-3H3;2-3H,1H3. The highest BCUT2D eigenvalue weighted by Gasteiger charge is 2.34. The van der Waals surface area contributed by atoms with Crippen molar-refractivity contribution in [2.75, 3.05) is 39.4 Å². The van der Waals surface area contributed by atoms with Crippen LogP contribution in [0.3, 0.4) is 0 Å². The molecule has 0 saturated carbocycles. The number of aryl methyl sites for hydroxylation is 1. The van der Waals surface area contributed by atoms with Crippen LogP contribution in [0.2, 0.25) is 30.1 Å². The van der Waals surface area contributed by atoms with E-state index in [1.54, 1.807) is 17.0 Å². The summed E-state index contributed by atoms with van der Waals surface area (Å²) < 4.78 is 27.6. The molecule has 53 heavy (non-hydrogen) atoms. The second kappa shape index (κ2) is 21.8. The molecule has 0 aliphatic carbocycles. The number of nitrogens with zero attached hydrogens (tertiary/aromatic N) is 1. The molecule has 0 heterocycles. The third kappa shape index (κ3) is 12.5. The summed E-state index contributed by atoms with van der Waals surface area (Å²) in [4.78, 5) is 39.1. The summed E-state index contributed by atoms with van der Waals surface area (Å²) in [5.74, 6) is -1.29. The number of halogens is 7. The van der Waals surface area contributed by atoms with Gasteiger partial charge in [-0.15, -0.1) is 0 Å². The zero-order chi connectivity index (χ0) is 39.2. The minimum absolute atomic E-state index is 0.0703. The van der Waals surface area contributed by atoms with Crippen molar-refractivity contribution in [3.63, 3.8) is 0 Å². The fraction of sp³-hybridized carbons (Fsp3) is 0.270. The van der Waals surface area contributed by atoms with Crippen molar-refractivity contribution >= 4 is 104 Å². The Morgan fingerprint density at radius 2 is 1.15 bits per heavy atom. The number of carbonyl (C=O) groups excluding carboxylic acids is 3. The lowest BCUT2D eigenvalue weighted by molar-refractivity contribution is -0.0341. The number of methoxy groups -OCH3 is 3. The van der Waals surface area contributed by atoms with Crippen LogP contribution in [0, 0.1) is 0 Å². The van der Waals surface area contributed by atoms with E-state index >= 15 is 0 Å². The van der Waals surface area contributed by atoms with Crippen LogP contribution < -0.4 is 9.64 Å². The van der Waals surface area contributed by atoms with Gasteiger partial charge in [0, 0.05) is 30.0 Å².